The van der Waals surface area contributed by atoms with Crippen LogP contribution < -0.4 is 10.6 Å². The van der Waals surface area contributed by atoms with Gasteiger partial charge in [0.25, 0.3) is 0 Å². The summed E-state index contributed by atoms with van der Waals surface area (Å²) in [6.07, 6.45) is -0.149. The second-order valence-corrected chi connectivity index (χ2v) is 9.99. The lowest BCUT2D eigenvalue weighted by atomic mass is 10.3. The number of morpholine rings is 1. The molecular formula is C17H30N4O3S2. The minimum Gasteiger partial charge on any atom is -0.373 e. The molecule has 26 heavy (non-hydrogen) atoms. The van der Waals surface area contributed by atoms with E-state index < -0.39 is 10.0 Å². The monoisotopic (exact) mass is 402 g/mol. The normalized spacial score (nSPS) is 22.4. The smallest absolute Gasteiger partial charge is 0.216 e. The van der Waals surface area contributed by atoms with E-state index in [1.807, 2.05) is 20.8 Å². The van der Waals surface area contributed by atoms with Gasteiger partial charge in [-0.3, -0.25) is 0 Å². The highest BCUT2D eigenvalue weighted by molar-refractivity contribution is 7.89. The number of guanidine groups is 1. The van der Waals surface area contributed by atoms with Gasteiger partial charge >= 0.3 is 0 Å². The number of aryl methyl sites for hydroxylation is 1. The Labute approximate surface area is 160 Å². The highest BCUT2D eigenvalue weighted by atomic mass is 32.2. The molecule has 1 saturated heterocycles. The number of aliphatic imine (C=N–C) groups is 1. The fraction of sp³-hybridized carbons (Fsp3) is 0.706. The maximum absolute atomic E-state index is 12.6. The van der Waals surface area contributed by atoms with Gasteiger partial charge in [-0.1, -0.05) is 0 Å². The molecule has 2 heterocycles. The molecule has 0 spiro atoms. The van der Waals surface area contributed by atoms with Crippen molar-refractivity contribution in [2.45, 2.75) is 46.4 Å². The molecule has 1 aromatic heterocycles. The molecule has 0 aliphatic carbocycles. The van der Waals surface area contributed by atoms with Gasteiger partial charge in [-0.05, 0) is 39.8 Å². The first-order chi connectivity index (χ1) is 12.3. The molecule has 0 radical (unpaired) electrons. The van der Waals surface area contributed by atoms with E-state index in [9.17, 15) is 8.42 Å². The number of hydrogen-bond acceptors (Lipinski definition) is 5. The van der Waals surface area contributed by atoms with Gasteiger partial charge < -0.3 is 15.4 Å². The Bertz CT molecular complexity index is 693. The Morgan fingerprint density at radius 2 is 2.00 bits per heavy atom. The van der Waals surface area contributed by atoms with Gasteiger partial charge in [0.1, 0.15) is 0 Å². The zero-order valence-corrected chi connectivity index (χ0v) is 17.6. The summed E-state index contributed by atoms with van der Waals surface area (Å²) >= 11 is 1.72. The Kier molecular flexibility index (Phi) is 7.87. The van der Waals surface area contributed by atoms with Crippen LogP contribution in [0.4, 0.5) is 0 Å². The summed E-state index contributed by atoms with van der Waals surface area (Å²) < 4.78 is 32.3. The molecule has 9 heteroatoms. The molecule has 7 nitrogen and oxygen atoms in total. The third-order valence-electron chi connectivity index (χ3n) is 3.97. The maximum atomic E-state index is 12.6. The number of hydrogen-bond donors (Lipinski definition) is 2. The minimum absolute atomic E-state index is 0.0367. The van der Waals surface area contributed by atoms with Crippen LogP contribution in [0, 0.1) is 6.92 Å². The van der Waals surface area contributed by atoms with Crippen molar-refractivity contribution in [2.24, 2.45) is 4.99 Å². The number of sulfonamides is 1. The van der Waals surface area contributed by atoms with Crippen LogP contribution in [0.1, 0.15) is 30.5 Å². The Morgan fingerprint density at radius 3 is 2.58 bits per heavy atom. The Hall–Kier alpha value is -1.16. The first kappa shape index (κ1) is 21.1. The Balaban J connectivity index is 1.87. The lowest BCUT2D eigenvalue weighted by molar-refractivity contribution is -0.0440. The fourth-order valence-corrected chi connectivity index (χ4v) is 5.16. The van der Waals surface area contributed by atoms with Gasteiger partial charge in [0, 0.05) is 35.9 Å². The van der Waals surface area contributed by atoms with Crippen molar-refractivity contribution in [1.29, 1.82) is 0 Å². The molecule has 1 aliphatic rings. The maximum Gasteiger partial charge on any atom is 0.216 e. The van der Waals surface area contributed by atoms with Crippen molar-refractivity contribution in [3.05, 3.63) is 21.9 Å². The van der Waals surface area contributed by atoms with Crippen molar-refractivity contribution in [3.63, 3.8) is 0 Å². The first-order valence-corrected chi connectivity index (χ1v) is 11.4. The van der Waals surface area contributed by atoms with Crippen molar-refractivity contribution < 1.29 is 13.2 Å². The number of nitrogens with zero attached hydrogens (tertiary/aromatic N) is 2. The third-order valence-corrected chi connectivity index (χ3v) is 6.76. The molecule has 1 fully saturated rings. The quantitative estimate of drug-likeness (QED) is 0.534. The van der Waals surface area contributed by atoms with E-state index in [1.165, 1.54) is 14.1 Å². The molecule has 1 aromatic rings. The van der Waals surface area contributed by atoms with E-state index >= 15 is 0 Å². The minimum atomic E-state index is -3.31. The number of thiophene rings is 1. The van der Waals surface area contributed by atoms with Crippen LogP contribution in [0.3, 0.4) is 0 Å². The highest BCUT2D eigenvalue weighted by Gasteiger charge is 2.30. The van der Waals surface area contributed by atoms with Crippen molar-refractivity contribution in [1.82, 2.24) is 14.9 Å². The first-order valence-electron chi connectivity index (χ1n) is 9.01. The summed E-state index contributed by atoms with van der Waals surface area (Å²) in [7, 11) is -3.31. The number of rotatable bonds is 7. The van der Waals surface area contributed by atoms with E-state index in [0.717, 1.165) is 6.54 Å². The molecule has 2 rings (SSSR count). The van der Waals surface area contributed by atoms with Gasteiger partial charge in [-0.25, -0.2) is 13.4 Å². The summed E-state index contributed by atoms with van der Waals surface area (Å²) in [5, 5.41) is 6.28. The molecule has 148 valence electrons. The van der Waals surface area contributed by atoms with Gasteiger partial charge in [-0.2, -0.15) is 4.31 Å². The summed E-state index contributed by atoms with van der Waals surface area (Å²) in [6, 6.07) is 4.14. The van der Waals surface area contributed by atoms with E-state index in [-0.39, 0.29) is 18.0 Å². The molecule has 1 aliphatic heterocycles. The van der Waals surface area contributed by atoms with E-state index in [0.29, 0.717) is 32.1 Å². The average Bonchev–Trinajstić information content (AvgIpc) is 2.97. The predicted octanol–water partition coefficient (Wildman–Crippen LogP) is 1.55. The van der Waals surface area contributed by atoms with Crippen LogP contribution in [0.5, 0.6) is 0 Å². The molecular weight excluding hydrogens is 372 g/mol. The summed E-state index contributed by atoms with van der Waals surface area (Å²) in [4.78, 5) is 6.97. The molecule has 0 aromatic carbocycles. The van der Waals surface area contributed by atoms with Crippen LogP contribution in [-0.2, 0) is 21.3 Å². The lowest BCUT2D eigenvalue weighted by Gasteiger charge is -2.34. The molecule has 2 atom stereocenters. The van der Waals surface area contributed by atoms with E-state index in [4.69, 9.17) is 4.74 Å². The SMILES string of the molecule is CCNC(=NCc1ccc(C)s1)NCCS(=O)(=O)N1CC(C)OC(C)C1. The van der Waals surface area contributed by atoms with E-state index in [1.54, 1.807) is 11.3 Å². The Morgan fingerprint density at radius 1 is 1.31 bits per heavy atom. The van der Waals surface area contributed by atoms with Crippen molar-refractivity contribution >= 4 is 27.3 Å². The predicted molar refractivity (Wildman–Crippen MR) is 107 cm³/mol. The van der Waals surface area contributed by atoms with Gasteiger partial charge in [-0.15, -0.1) is 11.3 Å². The van der Waals surface area contributed by atoms with Gasteiger partial charge in [0.05, 0.1) is 24.5 Å². The molecule has 2 unspecified atom stereocenters. The number of nitrogens with one attached hydrogen (secondary N) is 2. The van der Waals surface area contributed by atoms with Crippen molar-refractivity contribution in [2.75, 3.05) is 31.9 Å². The molecule has 2 N–H and O–H groups in total. The zero-order chi connectivity index (χ0) is 19.2. The van der Waals surface area contributed by atoms with Crippen LogP contribution in [-0.4, -0.2) is 62.8 Å². The largest absolute Gasteiger partial charge is 0.373 e. The summed E-state index contributed by atoms with van der Waals surface area (Å²) in [6.45, 7) is 10.3. The molecule has 0 amide bonds. The standard InChI is InChI=1S/C17H30N4O3S2/c1-5-18-17(20-10-16-7-6-15(4)25-16)19-8-9-26(22,23)21-11-13(2)24-14(3)12-21/h6-7,13-14H,5,8-12H2,1-4H3,(H2,18,19,20). The zero-order valence-electron chi connectivity index (χ0n) is 16.0. The molecule has 0 bridgehead atoms. The number of ether oxygens (including phenoxy) is 1. The van der Waals surface area contributed by atoms with E-state index in [2.05, 4.69) is 34.7 Å². The summed E-state index contributed by atoms with van der Waals surface area (Å²) in [5.74, 6) is 0.673. The van der Waals surface area contributed by atoms with Crippen molar-refractivity contribution in [3.8, 4) is 0 Å². The van der Waals surface area contributed by atoms with Crippen LogP contribution >= 0.6 is 11.3 Å². The fourth-order valence-electron chi connectivity index (χ4n) is 2.85. The average molecular weight is 403 g/mol. The second-order valence-electron chi connectivity index (χ2n) is 6.52. The second kappa shape index (κ2) is 9.68. The van der Waals surface area contributed by atoms with Gasteiger partial charge in [0.15, 0.2) is 5.96 Å². The third kappa shape index (κ3) is 6.53. The van der Waals surface area contributed by atoms with Gasteiger partial charge in [0.2, 0.25) is 10.0 Å². The highest BCUT2D eigenvalue weighted by Crippen LogP contribution is 2.16. The lowest BCUT2D eigenvalue weighted by Crippen LogP contribution is -2.50. The molecule has 0 saturated carbocycles. The topological polar surface area (TPSA) is 83.0 Å². The van der Waals surface area contributed by atoms with Crippen LogP contribution in [0.25, 0.3) is 0 Å². The summed E-state index contributed by atoms with van der Waals surface area (Å²) in [5.41, 5.74) is 0. The van der Waals surface area contributed by atoms with Crippen LogP contribution in [0.2, 0.25) is 0 Å². The van der Waals surface area contributed by atoms with Crippen LogP contribution in [0.15, 0.2) is 17.1 Å².